The topological polar surface area (TPSA) is 38.1 Å². The summed E-state index contributed by atoms with van der Waals surface area (Å²) in [6.45, 7) is 8.23. The first-order valence-electron chi connectivity index (χ1n) is 6.90. The minimum Gasteiger partial charge on any atom is -0.341 e. The van der Waals surface area contributed by atoms with Crippen molar-refractivity contribution in [3.8, 4) is 0 Å². The quantitative estimate of drug-likeness (QED) is 0.799. The summed E-state index contributed by atoms with van der Waals surface area (Å²) in [5.74, 6) is 1.46. The number of aromatic nitrogens is 2. The summed E-state index contributed by atoms with van der Waals surface area (Å²) in [5.41, 5.74) is 0. The highest BCUT2D eigenvalue weighted by atomic mass is 32.2. The summed E-state index contributed by atoms with van der Waals surface area (Å²) in [6.07, 6.45) is 4.90. The molecule has 0 N–H and O–H groups in total. The highest BCUT2D eigenvalue weighted by molar-refractivity contribution is 8.00. The Morgan fingerprint density at radius 1 is 1.42 bits per heavy atom. The van der Waals surface area contributed by atoms with Gasteiger partial charge in [-0.1, -0.05) is 25.6 Å². The van der Waals surface area contributed by atoms with E-state index in [-0.39, 0.29) is 11.2 Å². The number of nitrogens with zero attached hydrogens (tertiary/aromatic N) is 3. The maximum Gasteiger partial charge on any atom is 0.235 e. The lowest BCUT2D eigenvalue weighted by Crippen LogP contribution is -2.45. The Labute approximate surface area is 119 Å². The maximum atomic E-state index is 12.5. The molecule has 1 aromatic rings. The van der Waals surface area contributed by atoms with Gasteiger partial charge < -0.3 is 9.47 Å². The van der Waals surface area contributed by atoms with Crippen LogP contribution in [0, 0.1) is 11.8 Å². The van der Waals surface area contributed by atoms with Crippen LogP contribution in [0.2, 0.25) is 0 Å². The largest absolute Gasteiger partial charge is 0.341 e. The van der Waals surface area contributed by atoms with E-state index in [0.717, 1.165) is 18.2 Å². The Morgan fingerprint density at radius 2 is 2.05 bits per heavy atom. The number of piperidine rings is 1. The minimum absolute atomic E-state index is 0.0707. The number of rotatable bonds is 3. The first kappa shape index (κ1) is 14.4. The molecule has 3 atom stereocenters. The standard InChI is InChI=1S/C14H23N3OS/c1-10-7-11(2)9-17(8-10)13(18)12(3)19-14-15-5-6-16(14)4/h5-6,10-12H,7-9H2,1-4H3/t10-,11+,12-/m1/s1. The number of amides is 1. The van der Waals surface area contributed by atoms with Gasteiger partial charge in [-0.2, -0.15) is 0 Å². The monoisotopic (exact) mass is 281 g/mol. The average Bonchev–Trinajstić information content (AvgIpc) is 2.72. The molecule has 0 spiro atoms. The van der Waals surface area contributed by atoms with Crippen molar-refractivity contribution in [2.45, 2.75) is 37.6 Å². The average molecular weight is 281 g/mol. The van der Waals surface area contributed by atoms with Crippen molar-refractivity contribution in [1.82, 2.24) is 14.5 Å². The van der Waals surface area contributed by atoms with Crippen molar-refractivity contribution in [1.29, 1.82) is 0 Å². The van der Waals surface area contributed by atoms with E-state index in [9.17, 15) is 4.79 Å². The number of thioether (sulfide) groups is 1. The van der Waals surface area contributed by atoms with Crippen LogP contribution in [0.3, 0.4) is 0 Å². The van der Waals surface area contributed by atoms with Crippen molar-refractivity contribution in [2.24, 2.45) is 18.9 Å². The van der Waals surface area contributed by atoms with Crippen LogP contribution in [-0.2, 0) is 11.8 Å². The SMILES string of the molecule is C[C@@H]1C[C@H](C)CN(C(=O)[C@@H](C)Sc2nccn2C)C1. The molecule has 4 nitrogen and oxygen atoms in total. The van der Waals surface area contributed by atoms with Crippen LogP contribution >= 0.6 is 11.8 Å². The van der Waals surface area contributed by atoms with E-state index in [1.165, 1.54) is 6.42 Å². The number of imidazole rings is 1. The van der Waals surface area contributed by atoms with Gasteiger partial charge in [0.25, 0.3) is 0 Å². The van der Waals surface area contributed by atoms with Crippen LogP contribution in [0.25, 0.3) is 0 Å². The Hall–Kier alpha value is -0.970. The summed E-state index contributed by atoms with van der Waals surface area (Å²) >= 11 is 1.54. The lowest BCUT2D eigenvalue weighted by molar-refractivity contribution is -0.132. The van der Waals surface area contributed by atoms with Gasteiger partial charge in [-0.25, -0.2) is 4.98 Å². The van der Waals surface area contributed by atoms with Gasteiger partial charge in [0.2, 0.25) is 5.91 Å². The van der Waals surface area contributed by atoms with Crippen molar-refractivity contribution in [2.75, 3.05) is 13.1 Å². The van der Waals surface area contributed by atoms with Gasteiger partial charge in [0.05, 0.1) is 5.25 Å². The van der Waals surface area contributed by atoms with Crippen LogP contribution < -0.4 is 0 Å². The summed E-state index contributed by atoms with van der Waals surface area (Å²) in [5, 5.41) is 0.831. The van der Waals surface area contributed by atoms with Crippen LogP contribution in [0.1, 0.15) is 27.2 Å². The molecule has 1 aromatic heterocycles. The third-order valence-corrected chi connectivity index (χ3v) is 4.75. The Morgan fingerprint density at radius 3 is 2.58 bits per heavy atom. The van der Waals surface area contributed by atoms with Gasteiger partial charge in [0.15, 0.2) is 5.16 Å². The fourth-order valence-corrected chi connectivity index (χ4v) is 3.69. The fraction of sp³-hybridized carbons (Fsp3) is 0.714. The van der Waals surface area contributed by atoms with Crippen LogP contribution in [0.4, 0.5) is 0 Å². The molecule has 1 fully saturated rings. The van der Waals surface area contributed by atoms with Crippen molar-refractivity contribution in [3.05, 3.63) is 12.4 Å². The highest BCUT2D eigenvalue weighted by Crippen LogP contribution is 2.26. The van der Waals surface area contributed by atoms with Gasteiger partial charge in [-0.3, -0.25) is 4.79 Å². The maximum absolute atomic E-state index is 12.5. The van der Waals surface area contributed by atoms with Crippen molar-refractivity contribution >= 4 is 17.7 Å². The van der Waals surface area contributed by atoms with E-state index in [1.54, 1.807) is 18.0 Å². The third kappa shape index (κ3) is 3.53. The van der Waals surface area contributed by atoms with Gasteiger partial charge in [0.1, 0.15) is 0 Å². The molecule has 0 aromatic carbocycles. The summed E-state index contributed by atoms with van der Waals surface area (Å²) in [6, 6.07) is 0. The van der Waals surface area contributed by atoms with Gasteiger partial charge in [0, 0.05) is 32.5 Å². The van der Waals surface area contributed by atoms with E-state index in [0.29, 0.717) is 11.8 Å². The molecule has 1 aliphatic rings. The van der Waals surface area contributed by atoms with E-state index < -0.39 is 0 Å². The van der Waals surface area contributed by atoms with Crippen molar-refractivity contribution < 1.29 is 4.79 Å². The second-order valence-electron chi connectivity index (χ2n) is 5.77. The molecule has 0 aliphatic carbocycles. The second-order valence-corrected chi connectivity index (χ2v) is 7.08. The van der Waals surface area contributed by atoms with E-state index in [2.05, 4.69) is 18.8 Å². The van der Waals surface area contributed by atoms with Crippen LogP contribution in [-0.4, -0.2) is 38.7 Å². The molecule has 0 radical (unpaired) electrons. The number of carbonyl (C=O) groups excluding carboxylic acids is 1. The minimum atomic E-state index is -0.0707. The summed E-state index contributed by atoms with van der Waals surface area (Å²) < 4.78 is 1.95. The number of hydrogen-bond donors (Lipinski definition) is 0. The molecule has 5 heteroatoms. The third-order valence-electron chi connectivity index (χ3n) is 3.59. The Bertz CT molecular complexity index is 436. The number of likely N-dealkylation sites (tertiary alicyclic amines) is 1. The molecule has 1 saturated heterocycles. The van der Waals surface area contributed by atoms with Gasteiger partial charge in [-0.15, -0.1) is 0 Å². The molecule has 2 heterocycles. The lowest BCUT2D eigenvalue weighted by atomic mass is 9.92. The zero-order chi connectivity index (χ0) is 14.0. The highest BCUT2D eigenvalue weighted by Gasteiger charge is 2.29. The molecule has 1 aliphatic heterocycles. The number of hydrogen-bond acceptors (Lipinski definition) is 3. The molecule has 1 amide bonds. The van der Waals surface area contributed by atoms with E-state index in [4.69, 9.17) is 0 Å². The zero-order valence-electron chi connectivity index (χ0n) is 12.2. The van der Waals surface area contributed by atoms with E-state index >= 15 is 0 Å². The van der Waals surface area contributed by atoms with E-state index in [1.807, 2.05) is 29.6 Å². The normalized spacial score (nSPS) is 25.4. The molecule has 106 valence electrons. The van der Waals surface area contributed by atoms with Crippen LogP contribution in [0.15, 0.2) is 17.6 Å². The molecule has 0 unspecified atom stereocenters. The first-order valence-corrected chi connectivity index (χ1v) is 7.78. The summed E-state index contributed by atoms with van der Waals surface area (Å²) in [7, 11) is 1.96. The molecule has 19 heavy (non-hydrogen) atoms. The molecular weight excluding hydrogens is 258 g/mol. The van der Waals surface area contributed by atoms with Gasteiger partial charge in [-0.05, 0) is 25.2 Å². The smallest absolute Gasteiger partial charge is 0.235 e. The Kier molecular flexibility index (Phi) is 4.55. The first-order chi connectivity index (χ1) is 8.97. The predicted molar refractivity (Wildman–Crippen MR) is 78.1 cm³/mol. The fourth-order valence-electron chi connectivity index (χ4n) is 2.77. The van der Waals surface area contributed by atoms with Gasteiger partial charge >= 0.3 is 0 Å². The zero-order valence-corrected chi connectivity index (χ0v) is 13.0. The van der Waals surface area contributed by atoms with Crippen molar-refractivity contribution in [3.63, 3.8) is 0 Å². The second kappa shape index (κ2) is 5.99. The van der Waals surface area contributed by atoms with Crippen LogP contribution in [0.5, 0.6) is 0 Å². The number of aryl methyl sites for hydroxylation is 1. The Balaban J connectivity index is 1.97. The molecule has 0 saturated carbocycles. The summed E-state index contributed by atoms with van der Waals surface area (Å²) in [4.78, 5) is 18.8. The lowest BCUT2D eigenvalue weighted by Gasteiger charge is -2.36. The molecule has 0 bridgehead atoms. The molecular formula is C14H23N3OS. The number of carbonyl (C=O) groups is 1. The predicted octanol–water partition coefficient (Wildman–Crippen LogP) is 2.41. The molecule has 2 rings (SSSR count).